The minimum Gasteiger partial charge on any atom is -0.508 e. The molecule has 0 atom stereocenters. The lowest BCUT2D eigenvalue weighted by Gasteiger charge is -2.05. The smallest absolute Gasteiger partial charge is 0.169 e. The van der Waals surface area contributed by atoms with Gasteiger partial charge in [0.25, 0.3) is 0 Å². The van der Waals surface area contributed by atoms with E-state index in [-0.39, 0.29) is 5.75 Å². The highest BCUT2D eigenvalue weighted by Gasteiger charge is 2.17. The van der Waals surface area contributed by atoms with Crippen molar-refractivity contribution < 1.29 is 9.84 Å². The van der Waals surface area contributed by atoms with Crippen LogP contribution in [0.3, 0.4) is 0 Å². The third kappa shape index (κ3) is 3.85. The number of hydrogen-bond acceptors (Lipinski definition) is 8. The molecular formula is C20H18N6O2S. The molecule has 0 bridgehead atoms. The number of phenols is 1. The highest BCUT2D eigenvalue weighted by molar-refractivity contribution is 7.98. The van der Waals surface area contributed by atoms with Crippen LogP contribution >= 0.6 is 11.8 Å². The molecule has 4 rings (SSSR count). The van der Waals surface area contributed by atoms with E-state index >= 15 is 0 Å². The number of methoxy groups -OCH3 is 1. The fourth-order valence-electron chi connectivity index (χ4n) is 2.83. The number of nitrogens with one attached hydrogen (secondary N) is 1. The SMILES string of the molecule is COc1ccc(-n2nc(SC)c3c(N/N=C/c4cccc(O)c4)ncnc32)cc1. The number of hydrogen-bond donors (Lipinski definition) is 2. The quantitative estimate of drug-likeness (QED) is 0.286. The Morgan fingerprint density at radius 3 is 2.72 bits per heavy atom. The lowest BCUT2D eigenvalue weighted by Crippen LogP contribution is -1.99. The minimum atomic E-state index is 0.184. The monoisotopic (exact) mass is 406 g/mol. The van der Waals surface area contributed by atoms with Gasteiger partial charge in [0.15, 0.2) is 11.5 Å². The molecular weight excluding hydrogens is 388 g/mol. The van der Waals surface area contributed by atoms with Crippen LogP contribution in [0.4, 0.5) is 5.82 Å². The van der Waals surface area contributed by atoms with Crippen molar-refractivity contribution in [1.82, 2.24) is 19.7 Å². The summed E-state index contributed by atoms with van der Waals surface area (Å²) in [4.78, 5) is 8.75. The van der Waals surface area contributed by atoms with Crippen molar-refractivity contribution in [2.24, 2.45) is 5.10 Å². The standard InChI is InChI=1S/C20H18N6O2S/c1-28-16-8-6-14(7-9-16)26-19-17(20(25-26)29-2)18(21-12-22-19)24-23-11-13-4-3-5-15(27)10-13/h3-12,27H,1-2H3,(H,21,22,24)/b23-11+. The van der Waals surface area contributed by atoms with Crippen molar-refractivity contribution >= 4 is 34.8 Å². The van der Waals surface area contributed by atoms with E-state index in [4.69, 9.17) is 4.74 Å². The van der Waals surface area contributed by atoms with Crippen LogP contribution in [0.15, 0.2) is 65.0 Å². The van der Waals surface area contributed by atoms with E-state index < -0.39 is 0 Å². The fraction of sp³-hybridized carbons (Fsp3) is 0.100. The number of phenolic OH excluding ortho intramolecular Hbond substituents is 1. The summed E-state index contributed by atoms with van der Waals surface area (Å²) in [5.41, 5.74) is 5.26. The van der Waals surface area contributed by atoms with Gasteiger partial charge in [-0.3, -0.25) is 5.43 Å². The van der Waals surface area contributed by atoms with Crippen molar-refractivity contribution in [3.63, 3.8) is 0 Å². The van der Waals surface area contributed by atoms with Gasteiger partial charge in [-0.1, -0.05) is 12.1 Å². The Morgan fingerprint density at radius 1 is 1.17 bits per heavy atom. The highest BCUT2D eigenvalue weighted by atomic mass is 32.2. The van der Waals surface area contributed by atoms with Crippen LogP contribution in [0.5, 0.6) is 11.5 Å². The molecule has 2 heterocycles. The molecule has 4 aromatic rings. The Bertz CT molecular complexity index is 1170. The number of anilines is 1. The maximum absolute atomic E-state index is 9.56. The molecule has 8 nitrogen and oxygen atoms in total. The average Bonchev–Trinajstić information content (AvgIpc) is 3.14. The first-order valence-corrected chi connectivity index (χ1v) is 9.92. The Balaban J connectivity index is 1.71. The number of nitrogens with zero attached hydrogens (tertiary/aromatic N) is 5. The zero-order valence-corrected chi connectivity index (χ0v) is 16.6. The van der Waals surface area contributed by atoms with E-state index in [9.17, 15) is 5.11 Å². The van der Waals surface area contributed by atoms with Crippen LogP contribution in [0.1, 0.15) is 5.56 Å². The van der Waals surface area contributed by atoms with Gasteiger partial charge in [0.05, 0.1) is 24.4 Å². The van der Waals surface area contributed by atoms with Gasteiger partial charge in [-0.2, -0.15) is 10.2 Å². The molecule has 0 aliphatic heterocycles. The first kappa shape index (κ1) is 18.8. The molecule has 0 fully saturated rings. The highest BCUT2D eigenvalue weighted by Crippen LogP contribution is 2.31. The third-order valence-corrected chi connectivity index (χ3v) is 4.87. The predicted octanol–water partition coefficient (Wildman–Crippen LogP) is 3.70. The molecule has 0 amide bonds. The van der Waals surface area contributed by atoms with E-state index in [0.29, 0.717) is 11.5 Å². The van der Waals surface area contributed by atoms with E-state index in [2.05, 4.69) is 25.6 Å². The molecule has 146 valence electrons. The van der Waals surface area contributed by atoms with Crippen LogP contribution in [0.2, 0.25) is 0 Å². The van der Waals surface area contributed by atoms with E-state index in [1.54, 1.807) is 36.2 Å². The summed E-state index contributed by atoms with van der Waals surface area (Å²) in [6.07, 6.45) is 5.04. The van der Waals surface area contributed by atoms with Gasteiger partial charge in [-0.25, -0.2) is 14.6 Å². The van der Waals surface area contributed by atoms with Crippen LogP contribution in [-0.2, 0) is 0 Å². The van der Waals surface area contributed by atoms with Gasteiger partial charge < -0.3 is 9.84 Å². The number of aromatic nitrogens is 4. The second-order valence-corrected chi connectivity index (χ2v) is 6.80. The molecule has 2 aromatic carbocycles. The zero-order valence-electron chi connectivity index (χ0n) is 15.8. The Morgan fingerprint density at radius 2 is 2.00 bits per heavy atom. The number of aromatic hydroxyl groups is 1. The average molecular weight is 406 g/mol. The first-order chi connectivity index (χ1) is 14.2. The van der Waals surface area contributed by atoms with E-state index in [1.807, 2.05) is 36.6 Å². The first-order valence-electron chi connectivity index (χ1n) is 8.70. The molecule has 0 saturated heterocycles. The van der Waals surface area contributed by atoms with Crippen molar-refractivity contribution in [1.29, 1.82) is 0 Å². The molecule has 0 unspecified atom stereocenters. The number of benzene rings is 2. The number of fused-ring (bicyclic) bond motifs is 1. The summed E-state index contributed by atoms with van der Waals surface area (Å²) in [6, 6.07) is 14.4. The molecule has 2 N–H and O–H groups in total. The summed E-state index contributed by atoms with van der Waals surface area (Å²) >= 11 is 1.51. The summed E-state index contributed by atoms with van der Waals surface area (Å²) in [7, 11) is 1.63. The normalized spacial score (nSPS) is 11.2. The van der Waals surface area contributed by atoms with Crippen molar-refractivity contribution in [3.05, 3.63) is 60.4 Å². The third-order valence-electron chi connectivity index (χ3n) is 4.20. The number of hydrazone groups is 1. The lowest BCUT2D eigenvalue weighted by molar-refractivity contribution is 0.414. The van der Waals surface area contributed by atoms with Gasteiger partial charge in [0.1, 0.15) is 22.9 Å². The molecule has 0 aliphatic carbocycles. The van der Waals surface area contributed by atoms with Gasteiger partial charge >= 0.3 is 0 Å². The summed E-state index contributed by atoms with van der Waals surface area (Å²) in [5.74, 6) is 1.51. The lowest BCUT2D eigenvalue weighted by atomic mass is 10.2. The summed E-state index contributed by atoms with van der Waals surface area (Å²) in [5, 5.41) is 20.1. The van der Waals surface area contributed by atoms with Gasteiger partial charge in [0, 0.05) is 0 Å². The van der Waals surface area contributed by atoms with Crippen LogP contribution in [0, 0.1) is 0 Å². The van der Waals surface area contributed by atoms with Crippen LogP contribution < -0.4 is 10.2 Å². The van der Waals surface area contributed by atoms with E-state index in [0.717, 1.165) is 27.4 Å². The summed E-state index contributed by atoms with van der Waals surface area (Å²) in [6.45, 7) is 0. The van der Waals surface area contributed by atoms with Crippen molar-refractivity contribution in [2.75, 3.05) is 18.8 Å². The Kier molecular flexibility index (Phi) is 5.30. The molecule has 2 aromatic heterocycles. The molecule has 0 saturated carbocycles. The Labute approximate surface area is 171 Å². The molecule has 9 heteroatoms. The van der Waals surface area contributed by atoms with Crippen LogP contribution in [0.25, 0.3) is 16.7 Å². The van der Waals surface area contributed by atoms with Crippen LogP contribution in [-0.4, -0.2) is 44.4 Å². The second kappa shape index (κ2) is 8.19. The zero-order chi connectivity index (χ0) is 20.2. The molecule has 0 spiro atoms. The topological polar surface area (TPSA) is 97.5 Å². The maximum atomic E-state index is 9.56. The predicted molar refractivity (Wildman–Crippen MR) is 114 cm³/mol. The van der Waals surface area contributed by atoms with Crippen molar-refractivity contribution in [2.45, 2.75) is 5.03 Å². The fourth-order valence-corrected chi connectivity index (χ4v) is 3.38. The van der Waals surface area contributed by atoms with Crippen molar-refractivity contribution in [3.8, 4) is 17.2 Å². The molecule has 0 aliphatic rings. The number of rotatable bonds is 6. The van der Waals surface area contributed by atoms with Gasteiger partial charge in [-0.05, 0) is 48.2 Å². The summed E-state index contributed by atoms with van der Waals surface area (Å²) < 4.78 is 7.00. The Hall–Kier alpha value is -3.59. The molecule has 29 heavy (non-hydrogen) atoms. The van der Waals surface area contributed by atoms with Gasteiger partial charge in [-0.15, -0.1) is 11.8 Å². The second-order valence-electron chi connectivity index (χ2n) is 6.00. The number of thioether (sulfide) groups is 1. The minimum absolute atomic E-state index is 0.184. The largest absolute Gasteiger partial charge is 0.508 e. The maximum Gasteiger partial charge on any atom is 0.169 e. The van der Waals surface area contributed by atoms with Gasteiger partial charge in [0.2, 0.25) is 0 Å². The molecule has 0 radical (unpaired) electrons. The van der Waals surface area contributed by atoms with E-state index in [1.165, 1.54) is 18.1 Å². The number of ether oxygens (including phenoxy) is 1.